The molecule has 248 valence electrons. The number of aromatic nitrogens is 1. The van der Waals surface area contributed by atoms with Gasteiger partial charge in [0.05, 0.1) is 16.7 Å². The predicted molar refractivity (Wildman–Crippen MR) is 223 cm³/mol. The molecule has 2 heterocycles. The minimum absolute atomic E-state index is 0.894. The number of hydrogen-bond acceptors (Lipinski definition) is 2. The van der Waals surface area contributed by atoms with E-state index >= 15 is 0 Å². The van der Waals surface area contributed by atoms with E-state index in [9.17, 15) is 0 Å². The number of nitrogens with zero attached hydrogens (tertiary/aromatic N) is 2. The van der Waals surface area contributed by atoms with E-state index in [1.165, 1.54) is 38.0 Å². The number of hydrogen-bond donors (Lipinski definition) is 0. The fourth-order valence-corrected chi connectivity index (χ4v) is 8.39. The van der Waals surface area contributed by atoms with Crippen molar-refractivity contribution in [2.45, 2.75) is 0 Å². The summed E-state index contributed by atoms with van der Waals surface area (Å²) in [5.41, 5.74) is 10.9. The van der Waals surface area contributed by atoms with Crippen molar-refractivity contribution in [2.75, 3.05) is 4.90 Å². The molecule has 9 aromatic carbocycles. The molecule has 0 unspecified atom stereocenters. The molecule has 3 heteroatoms. The van der Waals surface area contributed by atoms with Crippen molar-refractivity contribution in [2.24, 2.45) is 0 Å². The summed E-state index contributed by atoms with van der Waals surface area (Å²) in [4.78, 5) is 2.39. The molecular formula is C50H32N2O. The third kappa shape index (κ3) is 4.61. The summed E-state index contributed by atoms with van der Waals surface area (Å²) in [5, 5.41) is 9.50. The summed E-state index contributed by atoms with van der Waals surface area (Å²) in [7, 11) is 0. The quantitative estimate of drug-likeness (QED) is 0.181. The highest BCUT2D eigenvalue weighted by molar-refractivity contribution is 6.19. The predicted octanol–water partition coefficient (Wildman–Crippen LogP) is 14.1. The molecule has 0 bridgehead atoms. The first-order valence-electron chi connectivity index (χ1n) is 18.1. The van der Waals surface area contributed by atoms with Crippen LogP contribution in [0.3, 0.4) is 0 Å². The Morgan fingerprint density at radius 2 is 1.04 bits per heavy atom. The Hall–Kier alpha value is -7.10. The van der Waals surface area contributed by atoms with E-state index < -0.39 is 0 Å². The molecule has 53 heavy (non-hydrogen) atoms. The first kappa shape index (κ1) is 29.6. The lowest BCUT2D eigenvalue weighted by molar-refractivity contribution is 0.673. The van der Waals surface area contributed by atoms with Crippen LogP contribution in [0.1, 0.15) is 0 Å². The van der Waals surface area contributed by atoms with Crippen LogP contribution < -0.4 is 4.90 Å². The summed E-state index contributed by atoms with van der Waals surface area (Å²) in [6.45, 7) is 0. The Morgan fingerprint density at radius 1 is 0.415 bits per heavy atom. The smallest absolute Gasteiger partial charge is 0.143 e. The maximum absolute atomic E-state index is 6.58. The number of para-hydroxylation sites is 2. The van der Waals surface area contributed by atoms with Crippen LogP contribution >= 0.6 is 0 Å². The minimum atomic E-state index is 0.894. The average Bonchev–Trinajstić information content (AvgIpc) is 3.78. The summed E-state index contributed by atoms with van der Waals surface area (Å²) in [6.07, 6.45) is 0. The molecule has 11 rings (SSSR count). The average molecular weight is 677 g/mol. The molecule has 0 saturated heterocycles. The normalized spacial score (nSPS) is 11.8. The van der Waals surface area contributed by atoms with Crippen LogP contribution in [0, 0.1) is 0 Å². The van der Waals surface area contributed by atoms with Crippen LogP contribution in [-0.4, -0.2) is 4.57 Å². The van der Waals surface area contributed by atoms with E-state index in [2.05, 4.69) is 204 Å². The van der Waals surface area contributed by atoms with E-state index in [0.29, 0.717) is 0 Å². The van der Waals surface area contributed by atoms with Crippen molar-refractivity contribution < 1.29 is 4.42 Å². The fraction of sp³-hybridized carbons (Fsp3) is 0. The Morgan fingerprint density at radius 3 is 1.81 bits per heavy atom. The third-order valence-electron chi connectivity index (χ3n) is 10.8. The molecule has 0 atom stereocenters. The highest BCUT2D eigenvalue weighted by Gasteiger charge is 2.19. The number of anilines is 3. The second-order valence-electron chi connectivity index (χ2n) is 13.7. The lowest BCUT2D eigenvalue weighted by Crippen LogP contribution is -2.10. The molecule has 11 aromatic rings. The van der Waals surface area contributed by atoms with Crippen LogP contribution in [0.25, 0.3) is 82.1 Å². The molecule has 0 amide bonds. The van der Waals surface area contributed by atoms with Crippen molar-refractivity contribution >= 4 is 82.4 Å². The Balaban J connectivity index is 1.10. The van der Waals surface area contributed by atoms with E-state index in [1.54, 1.807) is 0 Å². The topological polar surface area (TPSA) is 21.3 Å². The van der Waals surface area contributed by atoms with Crippen molar-refractivity contribution in [3.05, 3.63) is 194 Å². The lowest BCUT2D eigenvalue weighted by atomic mass is 9.97. The zero-order valence-corrected chi connectivity index (χ0v) is 28.8. The van der Waals surface area contributed by atoms with Crippen LogP contribution in [0.2, 0.25) is 0 Å². The second-order valence-corrected chi connectivity index (χ2v) is 13.7. The van der Waals surface area contributed by atoms with Gasteiger partial charge in [-0.05, 0) is 88.6 Å². The van der Waals surface area contributed by atoms with E-state index in [1.807, 2.05) is 0 Å². The highest BCUT2D eigenvalue weighted by Crippen LogP contribution is 2.44. The zero-order valence-electron chi connectivity index (χ0n) is 28.8. The molecule has 0 spiro atoms. The first-order chi connectivity index (χ1) is 26.3. The molecule has 3 nitrogen and oxygen atoms in total. The maximum atomic E-state index is 6.58. The zero-order chi connectivity index (χ0) is 34.9. The molecule has 0 N–H and O–H groups in total. The molecule has 0 fully saturated rings. The molecular weight excluding hydrogens is 645 g/mol. The van der Waals surface area contributed by atoms with Gasteiger partial charge in [0, 0.05) is 49.4 Å². The van der Waals surface area contributed by atoms with Crippen LogP contribution in [0.4, 0.5) is 17.1 Å². The molecule has 0 saturated carbocycles. The highest BCUT2D eigenvalue weighted by atomic mass is 16.3. The number of fused-ring (bicyclic) bond motifs is 9. The van der Waals surface area contributed by atoms with Crippen molar-refractivity contribution in [1.29, 1.82) is 0 Å². The monoisotopic (exact) mass is 676 g/mol. The maximum Gasteiger partial charge on any atom is 0.143 e. The van der Waals surface area contributed by atoms with E-state index in [0.717, 1.165) is 61.2 Å². The molecule has 0 aliphatic carbocycles. The summed E-state index contributed by atoms with van der Waals surface area (Å²) in [6, 6.07) is 69.7. The SMILES string of the molecule is c1cc(-c2cccc3oc4c5ccccc5ccc4c23)cc(N(c2ccc(-n3c4ccccc4c4ccccc43)cc2)c2cccc3ccccc23)c1. The van der Waals surface area contributed by atoms with Gasteiger partial charge in [-0.25, -0.2) is 0 Å². The Bertz CT molecular complexity index is 3130. The molecule has 2 aromatic heterocycles. The van der Waals surface area contributed by atoms with Crippen molar-refractivity contribution in [3.63, 3.8) is 0 Å². The molecule has 0 aliphatic heterocycles. The molecule has 0 aliphatic rings. The van der Waals surface area contributed by atoms with Crippen molar-refractivity contribution in [3.8, 4) is 16.8 Å². The van der Waals surface area contributed by atoms with Gasteiger partial charge in [-0.3, -0.25) is 0 Å². The van der Waals surface area contributed by atoms with Gasteiger partial charge in [0.25, 0.3) is 0 Å². The Kier molecular flexibility index (Phi) is 6.55. The summed E-state index contributed by atoms with van der Waals surface area (Å²) < 4.78 is 8.95. The number of rotatable bonds is 5. The largest absolute Gasteiger partial charge is 0.455 e. The standard InChI is InChI=1S/C50H32N2O/c1-3-17-39-33(12-1)14-10-24-45(39)51(36-27-29-37(30-28-36)52-46-22-7-5-19-42(46)43-20-6-8-23-47(43)52)38-16-9-15-35(32-38)40-21-11-25-48-49(40)44-31-26-34-13-2-4-18-41(34)50(44)53-48/h1-32H. The number of benzene rings is 9. The van der Waals surface area contributed by atoms with E-state index in [-0.39, 0.29) is 0 Å². The van der Waals surface area contributed by atoms with Crippen LogP contribution in [-0.2, 0) is 0 Å². The van der Waals surface area contributed by atoms with Gasteiger partial charge in [-0.2, -0.15) is 0 Å². The van der Waals surface area contributed by atoms with Gasteiger partial charge in [0.15, 0.2) is 0 Å². The van der Waals surface area contributed by atoms with Gasteiger partial charge in [-0.1, -0.05) is 127 Å². The van der Waals surface area contributed by atoms with Gasteiger partial charge in [-0.15, -0.1) is 0 Å². The first-order valence-corrected chi connectivity index (χ1v) is 18.1. The third-order valence-corrected chi connectivity index (χ3v) is 10.8. The van der Waals surface area contributed by atoms with Gasteiger partial charge >= 0.3 is 0 Å². The lowest BCUT2D eigenvalue weighted by Gasteiger charge is -2.27. The van der Waals surface area contributed by atoms with Gasteiger partial charge in [0.1, 0.15) is 11.2 Å². The van der Waals surface area contributed by atoms with Gasteiger partial charge in [0.2, 0.25) is 0 Å². The fourth-order valence-electron chi connectivity index (χ4n) is 8.39. The van der Waals surface area contributed by atoms with Crippen LogP contribution in [0.5, 0.6) is 0 Å². The van der Waals surface area contributed by atoms with Crippen LogP contribution in [0.15, 0.2) is 199 Å². The summed E-state index contributed by atoms with van der Waals surface area (Å²) in [5.74, 6) is 0. The summed E-state index contributed by atoms with van der Waals surface area (Å²) >= 11 is 0. The van der Waals surface area contributed by atoms with Crippen molar-refractivity contribution in [1.82, 2.24) is 4.57 Å². The molecule has 0 radical (unpaired) electrons. The minimum Gasteiger partial charge on any atom is -0.455 e. The van der Waals surface area contributed by atoms with Gasteiger partial charge < -0.3 is 13.9 Å². The number of furan rings is 1. The van der Waals surface area contributed by atoms with E-state index in [4.69, 9.17) is 4.42 Å². The Labute approximate surface area is 306 Å². The second kappa shape index (κ2) is 11.7.